The van der Waals surface area contributed by atoms with Crippen molar-refractivity contribution in [1.29, 1.82) is 0 Å². The number of carbonyl (C=O) groups is 2. The Balaban J connectivity index is 3.39. The number of carbonyl (C=O) groups excluding carboxylic acids is 2. The van der Waals surface area contributed by atoms with Crippen molar-refractivity contribution in [2.75, 3.05) is 0 Å². The van der Waals surface area contributed by atoms with Crippen molar-refractivity contribution in [1.82, 2.24) is 0 Å². The van der Waals surface area contributed by atoms with Gasteiger partial charge in [0.15, 0.2) is 5.78 Å². The van der Waals surface area contributed by atoms with E-state index in [1.807, 2.05) is 0 Å². The average Bonchev–Trinajstić information content (AvgIpc) is 2.02. The molecule has 0 N–H and O–H groups in total. The molecule has 0 spiro atoms. The average molecular weight is 201 g/mol. The van der Waals surface area contributed by atoms with E-state index in [0.717, 1.165) is 6.07 Å². The molecule has 2 nitrogen and oxygen atoms in total. The van der Waals surface area contributed by atoms with Gasteiger partial charge in [0.1, 0.15) is 12.1 Å². The van der Waals surface area contributed by atoms with Crippen molar-refractivity contribution in [3.8, 4) is 0 Å². The van der Waals surface area contributed by atoms with Gasteiger partial charge in [0.2, 0.25) is 0 Å². The molecule has 0 saturated heterocycles. The summed E-state index contributed by atoms with van der Waals surface area (Å²) in [6, 6.07) is 2.24. The Morgan fingerprint density at radius 1 is 1.54 bits per heavy atom. The zero-order valence-corrected chi connectivity index (χ0v) is 7.56. The predicted octanol–water partition coefficient (Wildman–Crippen LogP) is 2.49. The van der Waals surface area contributed by atoms with Gasteiger partial charge in [-0.25, -0.2) is 4.39 Å². The van der Waals surface area contributed by atoms with E-state index < -0.39 is 11.6 Å². The monoisotopic (exact) mass is 200 g/mol. The van der Waals surface area contributed by atoms with Crippen molar-refractivity contribution < 1.29 is 14.0 Å². The lowest BCUT2D eigenvalue weighted by Crippen LogP contribution is -1.99. The smallest absolute Gasteiger partial charge is 0.164 e. The molecule has 0 aliphatic heterocycles. The highest BCUT2D eigenvalue weighted by Gasteiger charge is 2.13. The Kier molecular flexibility index (Phi) is 2.78. The molecule has 0 atom stereocenters. The number of benzene rings is 1. The van der Waals surface area contributed by atoms with Crippen LogP contribution >= 0.6 is 11.6 Å². The minimum Gasteiger partial charge on any atom is -0.298 e. The summed E-state index contributed by atoms with van der Waals surface area (Å²) in [6.45, 7) is 1.21. The van der Waals surface area contributed by atoms with Gasteiger partial charge in [-0.3, -0.25) is 9.59 Å². The Morgan fingerprint density at radius 2 is 2.15 bits per heavy atom. The topological polar surface area (TPSA) is 34.1 Å². The molecular formula is C9H6ClFO2. The highest BCUT2D eigenvalue weighted by molar-refractivity contribution is 6.34. The molecule has 1 rings (SSSR count). The quantitative estimate of drug-likeness (QED) is 0.543. The van der Waals surface area contributed by atoms with Crippen molar-refractivity contribution >= 4 is 23.7 Å². The van der Waals surface area contributed by atoms with Crippen molar-refractivity contribution in [2.45, 2.75) is 6.92 Å². The molecule has 0 heterocycles. The van der Waals surface area contributed by atoms with Crippen LogP contribution in [-0.4, -0.2) is 12.1 Å². The second-order valence-electron chi connectivity index (χ2n) is 2.53. The zero-order chi connectivity index (χ0) is 10.0. The van der Waals surface area contributed by atoms with Gasteiger partial charge in [-0.15, -0.1) is 0 Å². The largest absolute Gasteiger partial charge is 0.298 e. The van der Waals surface area contributed by atoms with Gasteiger partial charge in [0.25, 0.3) is 0 Å². The highest BCUT2D eigenvalue weighted by atomic mass is 35.5. The lowest BCUT2D eigenvalue weighted by molar-refractivity contribution is 0.101. The van der Waals surface area contributed by atoms with Gasteiger partial charge in [0.05, 0.1) is 10.6 Å². The summed E-state index contributed by atoms with van der Waals surface area (Å²) in [7, 11) is 0. The first-order chi connectivity index (χ1) is 6.06. The van der Waals surface area contributed by atoms with Crippen LogP contribution in [0.15, 0.2) is 12.1 Å². The number of aldehydes is 1. The third-order valence-corrected chi connectivity index (χ3v) is 1.85. The maximum absolute atomic E-state index is 13.1. The second kappa shape index (κ2) is 3.66. The van der Waals surface area contributed by atoms with Gasteiger partial charge < -0.3 is 0 Å². The first kappa shape index (κ1) is 9.86. The first-order valence-electron chi connectivity index (χ1n) is 3.51. The highest BCUT2D eigenvalue weighted by Crippen LogP contribution is 2.21. The first-order valence-corrected chi connectivity index (χ1v) is 3.89. The molecule has 0 radical (unpaired) electrons. The van der Waals surface area contributed by atoms with Crippen LogP contribution in [-0.2, 0) is 0 Å². The summed E-state index contributed by atoms with van der Waals surface area (Å²) < 4.78 is 13.1. The maximum Gasteiger partial charge on any atom is 0.164 e. The molecule has 68 valence electrons. The fourth-order valence-corrected chi connectivity index (χ4v) is 1.35. The van der Waals surface area contributed by atoms with Crippen LogP contribution in [0.5, 0.6) is 0 Å². The van der Waals surface area contributed by atoms with Crippen LogP contribution in [0.1, 0.15) is 27.6 Å². The molecule has 1 aromatic carbocycles. The SMILES string of the molecule is CC(=O)c1c(F)cc(C=O)cc1Cl. The Morgan fingerprint density at radius 3 is 2.54 bits per heavy atom. The number of hydrogen-bond acceptors (Lipinski definition) is 2. The number of halogens is 2. The molecule has 0 unspecified atom stereocenters. The summed E-state index contributed by atoms with van der Waals surface area (Å²) in [5.74, 6) is -1.22. The van der Waals surface area contributed by atoms with Crippen molar-refractivity contribution in [3.05, 3.63) is 34.1 Å². The van der Waals surface area contributed by atoms with E-state index in [9.17, 15) is 14.0 Å². The maximum atomic E-state index is 13.1. The molecule has 0 aromatic heterocycles. The van der Waals surface area contributed by atoms with E-state index in [4.69, 9.17) is 11.6 Å². The van der Waals surface area contributed by atoms with Gasteiger partial charge in [-0.2, -0.15) is 0 Å². The lowest BCUT2D eigenvalue weighted by atomic mass is 10.1. The Labute approximate surface area is 79.3 Å². The fraction of sp³-hybridized carbons (Fsp3) is 0.111. The molecule has 0 saturated carbocycles. The third kappa shape index (κ3) is 1.92. The number of ketones is 1. The standard InChI is InChI=1S/C9H6ClFO2/c1-5(13)9-7(10)2-6(4-12)3-8(9)11/h2-4H,1H3. The van der Waals surface area contributed by atoms with Crippen LogP contribution in [0.25, 0.3) is 0 Å². The summed E-state index contributed by atoms with van der Waals surface area (Å²) in [5.41, 5.74) is -0.0558. The van der Waals surface area contributed by atoms with Gasteiger partial charge >= 0.3 is 0 Å². The fourth-order valence-electron chi connectivity index (χ4n) is 0.997. The molecule has 0 fully saturated rings. The van der Waals surface area contributed by atoms with Crippen LogP contribution in [0.3, 0.4) is 0 Å². The van der Waals surface area contributed by atoms with E-state index >= 15 is 0 Å². The molecular weight excluding hydrogens is 195 g/mol. The lowest BCUT2D eigenvalue weighted by Gasteiger charge is -2.01. The van der Waals surface area contributed by atoms with E-state index in [0.29, 0.717) is 6.29 Å². The van der Waals surface area contributed by atoms with Crippen LogP contribution in [0, 0.1) is 5.82 Å². The van der Waals surface area contributed by atoms with Crippen molar-refractivity contribution in [2.24, 2.45) is 0 Å². The summed E-state index contributed by atoms with van der Waals surface area (Å²) in [5, 5.41) is -0.0328. The third-order valence-electron chi connectivity index (χ3n) is 1.55. The molecule has 0 bridgehead atoms. The van der Waals surface area contributed by atoms with Gasteiger partial charge in [-0.1, -0.05) is 11.6 Å². The summed E-state index contributed by atoms with van der Waals surface area (Å²) in [4.78, 5) is 21.2. The molecule has 0 amide bonds. The second-order valence-corrected chi connectivity index (χ2v) is 2.94. The predicted molar refractivity (Wildman–Crippen MR) is 46.8 cm³/mol. The summed E-state index contributed by atoms with van der Waals surface area (Å²) in [6.07, 6.45) is 0.471. The van der Waals surface area contributed by atoms with Gasteiger partial charge in [-0.05, 0) is 19.1 Å². The summed E-state index contributed by atoms with van der Waals surface area (Å²) >= 11 is 5.59. The number of rotatable bonds is 2. The molecule has 0 aliphatic rings. The molecule has 1 aromatic rings. The Bertz CT molecular complexity index is 351. The van der Waals surface area contributed by atoms with Crippen LogP contribution in [0.2, 0.25) is 5.02 Å². The van der Waals surface area contributed by atoms with E-state index in [1.54, 1.807) is 0 Å². The number of hydrogen-bond donors (Lipinski definition) is 0. The normalized spacial score (nSPS) is 9.77. The zero-order valence-electron chi connectivity index (χ0n) is 6.80. The molecule has 0 aliphatic carbocycles. The van der Waals surface area contributed by atoms with E-state index in [2.05, 4.69) is 0 Å². The Hall–Kier alpha value is -1.22. The minimum atomic E-state index is -0.762. The molecule has 4 heteroatoms. The van der Waals surface area contributed by atoms with E-state index in [-0.39, 0.29) is 16.1 Å². The van der Waals surface area contributed by atoms with E-state index in [1.165, 1.54) is 13.0 Å². The van der Waals surface area contributed by atoms with Crippen LogP contribution in [0.4, 0.5) is 4.39 Å². The van der Waals surface area contributed by atoms with Crippen LogP contribution < -0.4 is 0 Å². The van der Waals surface area contributed by atoms with Gasteiger partial charge in [0, 0.05) is 5.56 Å². The number of Topliss-reactive ketones (excluding diaryl/α,β-unsaturated/α-hetero) is 1. The van der Waals surface area contributed by atoms with Crippen molar-refractivity contribution in [3.63, 3.8) is 0 Å². The minimum absolute atomic E-state index is 0.0328. The molecule has 13 heavy (non-hydrogen) atoms.